The molecule has 0 saturated carbocycles. The average Bonchev–Trinajstić information content (AvgIpc) is 2.17. The predicted molar refractivity (Wildman–Crippen MR) is 67.9 cm³/mol. The molecule has 2 heteroatoms. The fraction of sp³-hybridized carbons (Fsp3) is 0.750. The molecule has 1 radical (unpaired) electrons. The molecular formula is C12H25LiN. The van der Waals surface area contributed by atoms with Gasteiger partial charge in [-0.3, -0.25) is 4.90 Å². The number of nitrogens with zero attached hydrogens (tertiary/aromatic N) is 1. The van der Waals surface area contributed by atoms with Gasteiger partial charge in [0.05, 0.1) is 0 Å². The number of allylic oxidation sites excluding steroid dienone is 1. The Morgan fingerprint density at radius 1 is 1.07 bits per heavy atom. The van der Waals surface area contributed by atoms with Crippen LogP contribution in [-0.4, -0.2) is 43.4 Å². The fourth-order valence-corrected chi connectivity index (χ4v) is 1.28. The van der Waals surface area contributed by atoms with Crippen LogP contribution in [0.3, 0.4) is 0 Å². The molecule has 0 aromatic heterocycles. The summed E-state index contributed by atoms with van der Waals surface area (Å²) in [7, 11) is 0. The quantitative estimate of drug-likeness (QED) is 0.532. The van der Waals surface area contributed by atoms with Crippen LogP contribution in [0.1, 0.15) is 39.5 Å². The molecule has 14 heavy (non-hydrogen) atoms. The third-order valence-electron chi connectivity index (χ3n) is 2.19. The topological polar surface area (TPSA) is 3.24 Å². The van der Waals surface area contributed by atoms with Gasteiger partial charge in [-0.05, 0) is 32.9 Å². The molecular weight excluding hydrogens is 165 g/mol. The van der Waals surface area contributed by atoms with E-state index in [0.29, 0.717) is 0 Å². The number of hydrogen-bond donors (Lipinski definition) is 0. The third-order valence-corrected chi connectivity index (χ3v) is 2.19. The van der Waals surface area contributed by atoms with E-state index in [-0.39, 0.29) is 18.9 Å². The molecule has 0 fully saturated rings. The van der Waals surface area contributed by atoms with E-state index < -0.39 is 0 Å². The summed E-state index contributed by atoms with van der Waals surface area (Å²) < 4.78 is 0. The molecule has 0 saturated heterocycles. The van der Waals surface area contributed by atoms with Crippen LogP contribution in [0.15, 0.2) is 12.2 Å². The molecule has 0 aliphatic carbocycles. The maximum absolute atomic E-state index is 3.71. The molecule has 0 heterocycles. The summed E-state index contributed by atoms with van der Waals surface area (Å²) in [4.78, 5) is 2.51. The van der Waals surface area contributed by atoms with E-state index >= 15 is 0 Å². The molecule has 0 atom stereocenters. The first-order valence-electron chi connectivity index (χ1n) is 5.51. The Morgan fingerprint density at radius 3 is 1.93 bits per heavy atom. The molecule has 0 N–H and O–H groups in total. The fourth-order valence-electron chi connectivity index (χ4n) is 1.28. The van der Waals surface area contributed by atoms with Gasteiger partial charge in [0, 0.05) is 6.54 Å². The molecule has 0 bridgehead atoms. The van der Waals surface area contributed by atoms with Crippen molar-refractivity contribution in [3.63, 3.8) is 0 Å². The van der Waals surface area contributed by atoms with E-state index in [1.54, 1.807) is 0 Å². The summed E-state index contributed by atoms with van der Waals surface area (Å²) in [6, 6.07) is 0. The van der Waals surface area contributed by atoms with Gasteiger partial charge in [-0.25, -0.2) is 0 Å². The zero-order chi connectivity index (χ0) is 9.94. The second-order valence-electron chi connectivity index (χ2n) is 3.48. The maximum atomic E-state index is 3.71. The van der Waals surface area contributed by atoms with Gasteiger partial charge in [-0.2, -0.15) is 0 Å². The Morgan fingerprint density at radius 2 is 1.57 bits per heavy atom. The van der Waals surface area contributed by atoms with Crippen molar-refractivity contribution in [1.29, 1.82) is 0 Å². The molecule has 79 valence electrons. The first kappa shape index (κ1) is 16.7. The first-order valence-corrected chi connectivity index (χ1v) is 5.51. The van der Waals surface area contributed by atoms with Gasteiger partial charge in [0.15, 0.2) is 0 Å². The Hall–Kier alpha value is 0.297. The van der Waals surface area contributed by atoms with E-state index in [1.165, 1.54) is 38.8 Å². The Kier molecular flexibility index (Phi) is 15.9. The Bertz CT molecular complexity index is 115. The van der Waals surface area contributed by atoms with Crippen LogP contribution >= 0.6 is 0 Å². The molecule has 0 aromatic carbocycles. The minimum absolute atomic E-state index is 0. The van der Waals surface area contributed by atoms with Crippen LogP contribution in [0, 0.1) is 6.92 Å². The summed E-state index contributed by atoms with van der Waals surface area (Å²) in [6.07, 6.45) is 9.24. The van der Waals surface area contributed by atoms with Gasteiger partial charge in [0.1, 0.15) is 0 Å². The van der Waals surface area contributed by atoms with Gasteiger partial charge < -0.3 is 0 Å². The van der Waals surface area contributed by atoms with Crippen LogP contribution in [0.2, 0.25) is 0 Å². The minimum atomic E-state index is 0. The summed E-state index contributed by atoms with van der Waals surface area (Å²) in [5.74, 6) is 0. The zero-order valence-electron chi connectivity index (χ0n) is 9.26. The van der Waals surface area contributed by atoms with Crippen molar-refractivity contribution in [1.82, 2.24) is 4.90 Å². The normalized spacial score (nSPS) is 10.9. The predicted octanol–water partition coefficient (Wildman–Crippen LogP) is 2.63. The summed E-state index contributed by atoms with van der Waals surface area (Å²) >= 11 is 0. The van der Waals surface area contributed by atoms with E-state index in [9.17, 15) is 0 Å². The first-order chi connectivity index (χ1) is 6.35. The SMILES string of the molecule is [CH2]/C=C/CN(CCCC)CCCC.[LiH]. The summed E-state index contributed by atoms with van der Waals surface area (Å²) in [5.41, 5.74) is 0. The van der Waals surface area contributed by atoms with Crippen molar-refractivity contribution >= 4 is 18.9 Å². The van der Waals surface area contributed by atoms with Crippen molar-refractivity contribution in [2.24, 2.45) is 0 Å². The summed E-state index contributed by atoms with van der Waals surface area (Å²) in [5, 5.41) is 0. The van der Waals surface area contributed by atoms with Crippen LogP contribution in [0.25, 0.3) is 0 Å². The van der Waals surface area contributed by atoms with E-state index in [1.807, 2.05) is 6.08 Å². The van der Waals surface area contributed by atoms with Crippen molar-refractivity contribution in [2.75, 3.05) is 19.6 Å². The van der Waals surface area contributed by atoms with Gasteiger partial charge in [0.2, 0.25) is 0 Å². The molecule has 0 amide bonds. The molecule has 0 aromatic rings. The molecule has 0 aliphatic heterocycles. The van der Waals surface area contributed by atoms with Gasteiger partial charge in [0.25, 0.3) is 0 Å². The Labute approximate surface area is 102 Å². The van der Waals surface area contributed by atoms with Crippen LogP contribution < -0.4 is 0 Å². The van der Waals surface area contributed by atoms with Crippen LogP contribution in [0.5, 0.6) is 0 Å². The van der Waals surface area contributed by atoms with E-state index in [4.69, 9.17) is 0 Å². The van der Waals surface area contributed by atoms with E-state index in [0.717, 1.165) is 6.54 Å². The monoisotopic (exact) mass is 190 g/mol. The molecule has 1 nitrogen and oxygen atoms in total. The molecule has 0 aliphatic rings. The standard InChI is InChI=1S/C12H24N.Li.H/c1-4-7-10-13(11-8-5-2)12-9-6-3;;/h4,7H,1,5-6,8-12H2,2-3H3;;/b7-4+;;. The third kappa shape index (κ3) is 10.4. The van der Waals surface area contributed by atoms with Crippen molar-refractivity contribution in [3.05, 3.63) is 19.1 Å². The summed E-state index contributed by atoms with van der Waals surface area (Å²) in [6.45, 7) is 11.7. The van der Waals surface area contributed by atoms with Crippen molar-refractivity contribution < 1.29 is 0 Å². The van der Waals surface area contributed by atoms with Crippen LogP contribution in [-0.2, 0) is 0 Å². The Balaban J connectivity index is 0. The number of unbranched alkanes of at least 4 members (excludes halogenated alkanes) is 2. The van der Waals surface area contributed by atoms with Gasteiger partial charge in [-0.1, -0.05) is 38.8 Å². The second kappa shape index (κ2) is 13.3. The zero-order valence-corrected chi connectivity index (χ0v) is 9.26. The number of rotatable bonds is 8. The molecule has 0 rings (SSSR count). The van der Waals surface area contributed by atoms with E-state index in [2.05, 4.69) is 31.7 Å². The van der Waals surface area contributed by atoms with Gasteiger partial charge >= 0.3 is 18.9 Å². The molecule has 0 spiro atoms. The van der Waals surface area contributed by atoms with Crippen molar-refractivity contribution in [2.45, 2.75) is 39.5 Å². The second-order valence-corrected chi connectivity index (χ2v) is 3.48. The van der Waals surface area contributed by atoms with Gasteiger partial charge in [-0.15, -0.1) is 0 Å². The average molecular weight is 190 g/mol. The van der Waals surface area contributed by atoms with Crippen LogP contribution in [0.4, 0.5) is 0 Å². The number of hydrogen-bond acceptors (Lipinski definition) is 1. The van der Waals surface area contributed by atoms with Crippen molar-refractivity contribution in [3.8, 4) is 0 Å². The molecule has 0 unspecified atom stereocenters.